The Labute approximate surface area is 193 Å². The number of hydrogen-bond donors (Lipinski definition) is 1. The van der Waals surface area contributed by atoms with Crippen molar-refractivity contribution < 1.29 is 29.0 Å². The first-order valence-corrected chi connectivity index (χ1v) is 11.2. The zero-order valence-electron chi connectivity index (χ0n) is 19.2. The van der Waals surface area contributed by atoms with Crippen molar-refractivity contribution in [1.29, 1.82) is 0 Å². The topological polar surface area (TPSA) is 93.1 Å². The maximum absolute atomic E-state index is 13.0. The molecule has 3 rings (SSSR count). The first-order chi connectivity index (χ1) is 15.9. The van der Waals surface area contributed by atoms with Crippen molar-refractivity contribution in [2.24, 2.45) is 0 Å². The molecule has 2 aromatic carbocycles. The highest BCUT2D eigenvalue weighted by molar-refractivity contribution is 6.46. The number of ether oxygens (including phenoxy) is 2. The Bertz CT molecular complexity index is 1040. The van der Waals surface area contributed by atoms with Crippen molar-refractivity contribution in [3.05, 3.63) is 65.2 Å². The van der Waals surface area contributed by atoms with Crippen LogP contribution in [-0.2, 0) is 14.4 Å². The summed E-state index contributed by atoms with van der Waals surface area (Å²) in [5.74, 6) is -1.01. The zero-order chi connectivity index (χ0) is 24.0. The molecule has 7 heteroatoms. The van der Waals surface area contributed by atoms with E-state index in [0.29, 0.717) is 35.8 Å². The molecular formula is C26H29NO6. The number of ketones is 1. The van der Waals surface area contributed by atoms with Crippen LogP contribution in [0.1, 0.15) is 57.2 Å². The number of unbranched alkanes of at least 4 members (excludes halogenated alkanes) is 1. The lowest BCUT2D eigenvalue weighted by atomic mass is 9.95. The lowest BCUT2D eigenvalue weighted by Crippen LogP contribution is -2.30. The normalized spacial score (nSPS) is 17.3. The highest BCUT2D eigenvalue weighted by Gasteiger charge is 2.45. The Kier molecular flexibility index (Phi) is 7.87. The van der Waals surface area contributed by atoms with Crippen LogP contribution in [0.25, 0.3) is 5.76 Å². The lowest BCUT2D eigenvalue weighted by molar-refractivity contribution is -0.139. The van der Waals surface area contributed by atoms with Crippen LogP contribution in [0, 0.1) is 0 Å². The van der Waals surface area contributed by atoms with Crippen molar-refractivity contribution in [2.45, 2.75) is 46.1 Å². The molecule has 0 spiro atoms. The van der Waals surface area contributed by atoms with E-state index in [1.54, 1.807) is 48.5 Å². The molecule has 1 aliphatic heterocycles. The van der Waals surface area contributed by atoms with Gasteiger partial charge in [-0.15, -0.1) is 0 Å². The van der Waals surface area contributed by atoms with Gasteiger partial charge in [-0.25, -0.2) is 0 Å². The van der Waals surface area contributed by atoms with Crippen molar-refractivity contribution in [3.8, 4) is 11.5 Å². The van der Waals surface area contributed by atoms with E-state index in [1.165, 1.54) is 11.8 Å². The third-order valence-electron chi connectivity index (χ3n) is 5.35. The molecule has 174 valence electrons. The summed E-state index contributed by atoms with van der Waals surface area (Å²) in [6.45, 7) is 6.29. The molecule has 1 saturated heterocycles. The summed E-state index contributed by atoms with van der Waals surface area (Å²) in [5.41, 5.74) is 1.11. The quantitative estimate of drug-likeness (QED) is 0.197. The van der Waals surface area contributed by atoms with E-state index >= 15 is 0 Å². The number of nitrogens with zero attached hydrogens (tertiary/aromatic N) is 1. The molecule has 1 unspecified atom stereocenters. The molecule has 0 saturated carbocycles. The fraction of sp³-hybridized carbons (Fsp3) is 0.346. The van der Waals surface area contributed by atoms with Gasteiger partial charge in [0.25, 0.3) is 11.7 Å². The lowest BCUT2D eigenvalue weighted by Gasteiger charge is -2.25. The summed E-state index contributed by atoms with van der Waals surface area (Å²) in [4.78, 5) is 38.6. The molecular weight excluding hydrogens is 422 g/mol. The van der Waals surface area contributed by atoms with Crippen molar-refractivity contribution in [2.75, 3.05) is 13.2 Å². The van der Waals surface area contributed by atoms with E-state index < -0.39 is 23.7 Å². The third-order valence-corrected chi connectivity index (χ3v) is 5.35. The van der Waals surface area contributed by atoms with Gasteiger partial charge in [-0.1, -0.05) is 32.4 Å². The molecule has 0 bridgehead atoms. The van der Waals surface area contributed by atoms with Gasteiger partial charge in [0.1, 0.15) is 17.3 Å². The van der Waals surface area contributed by atoms with Gasteiger partial charge in [0, 0.05) is 19.0 Å². The van der Waals surface area contributed by atoms with E-state index in [9.17, 15) is 19.5 Å². The molecule has 1 atom stereocenters. The number of aliphatic hydroxyl groups is 1. The number of amides is 1. The van der Waals surface area contributed by atoms with Gasteiger partial charge in [0.2, 0.25) is 0 Å². The zero-order valence-corrected chi connectivity index (χ0v) is 19.2. The predicted molar refractivity (Wildman–Crippen MR) is 124 cm³/mol. The monoisotopic (exact) mass is 451 g/mol. The fourth-order valence-corrected chi connectivity index (χ4v) is 3.75. The molecule has 1 heterocycles. The van der Waals surface area contributed by atoms with Gasteiger partial charge in [-0.05, 0) is 54.8 Å². The van der Waals surface area contributed by atoms with E-state index in [-0.39, 0.29) is 11.3 Å². The number of hydrogen-bond acceptors (Lipinski definition) is 6. The molecule has 2 aromatic rings. The molecule has 33 heavy (non-hydrogen) atoms. The Hall–Kier alpha value is -3.61. The minimum Gasteiger partial charge on any atom is -0.507 e. The number of carbonyl (C=O) groups excluding carboxylic acids is 3. The summed E-state index contributed by atoms with van der Waals surface area (Å²) in [7, 11) is 0. The Morgan fingerprint density at radius 3 is 2.18 bits per heavy atom. The van der Waals surface area contributed by atoms with Crippen molar-refractivity contribution in [1.82, 2.24) is 4.90 Å². The van der Waals surface area contributed by atoms with Crippen LogP contribution in [-0.4, -0.2) is 40.8 Å². The van der Waals surface area contributed by atoms with E-state index in [0.717, 1.165) is 19.3 Å². The summed E-state index contributed by atoms with van der Waals surface area (Å²) in [6.07, 6.45) is 2.44. The number of benzene rings is 2. The molecule has 0 aliphatic carbocycles. The van der Waals surface area contributed by atoms with Gasteiger partial charge in [0.05, 0.1) is 18.2 Å². The number of carbonyl (C=O) groups is 3. The Morgan fingerprint density at radius 2 is 1.61 bits per heavy atom. The van der Waals surface area contributed by atoms with Gasteiger partial charge in [-0.2, -0.15) is 0 Å². The third kappa shape index (κ3) is 5.42. The molecule has 1 N–H and O–H groups in total. The SMILES string of the molecule is CCCCN1C(=O)C(=O)/C(=C(\O)c2ccc(OCCC)cc2)C1c1ccc(OC(C)=O)cc1. The number of Topliss-reactive ketones (excluding diaryl/α,β-unsaturated/α-hetero) is 1. The minimum atomic E-state index is -0.737. The van der Waals surface area contributed by atoms with Crippen LogP contribution in [0.2, 0.25) is 0 Å². The van der Waals surface area contributed by atoms with E-state index in [4.69, 9.17) is 9.47 Å². The van der Waals surface area contributed by atoms with E-state index in [1.807, 2.05) is 13.8 Å². The number of likely N-dealkylation sites (tertiary alicyclic amines) is 1. The molecule has 7 nitrogen and oxygen atoms in total. The summed E-state index contributed by atoms with van der Waals surface area (Å²) < 4.78 is 10.7. The number of rotatable bonds is 9. The first-order valence-electron chi connectivity index (χ1n) is 11.2. The molecule has 1 aliphatic rings. The Morgan fingerprint density at radius 1 is 0.970 bits per heavy atom. The average Bonchev–Trinajstić information content (AvgIpc) is 3.06. The van der Waals surface area contributed by atoms with Gasteiger partial charge in [-0.3, -0.25) is 14.4 Å². The van der Waals surface area contributed by atoms with Gasteiger partial charge < -0.3 is 19.5 Å². The minimum absolute atomic E-state index is 0.0403. The first kappa shape index (κ1) is 24.0. The second kappa shape index (κ2) is 10.8. The fourth-order valence-electron chi connectivity index (χ4n) is 3.75. The highest BCUT2D eigenvalue weighted by atomic mass is 16.5. The number of aliphatic hydroxyl groups excluding tert-OH is 1. The summed E-state index contributed by atoms with van der Waals surface area (Å²) in [6, 6.07) is 12.7. The Balaban J connectivity index is 2.03. The summed E-state index contributed by atoms with van der Waals surface area (Å²) >= 11 is 0. The second-order valence-corrected chi connectivity index (χ2v) is 7.88. The second-order valence-electron chi connectivity index (χ2n) is 7.88. The smallest absolute Gasteiger partial charge is 0.308 e. The average molecular weight is 452 g/mol. The molecule has 1 fully saturated rings. The highest BCUT2D eigenvalue weighted by Crippen LogP contribution is 2.40. The largest absolute Gasteiger partial charge is 0.507 e. The maximum atomic E-state index is 13.0. The van der Waals surface area contributed by atoms with Crippen LogP contribution in [0.4, 0.5) is 0 Å². The maximum Gasteiger partial charge on any atom is 0.308 e. The standard InChI is InChI=1S/C26H29NO6/c1-4-6-15-27-23(18-7-13-21(14-8-18)33-17(3)28)22(25(30)26(27)31)24(29)19-9-11-20(12-10-19)32-16-5-2/h7-14,23,29H,4-6,15-16H2,1-3H3/b24-22-. The van der Waals surface area contributed by atoms with Crippen molar-refractivity contribution in [3.63, 3.8) is 0 Å². The summed E-state index contributed by atoms with van der Waals surface area (Å²) in [5, 5.41) is 11.1. The van der Waals surface area contributed by atoms with Crippen molar-refractivity contribution >= 4 is 23.4 Å². The van der Waals surface area contributed by atoms with Crippen LogP contribution in [0.3, 0.4) is 0 Å². The van der Waals surface area contributed by atoms with Crippen LogP contribution < -0.4 is 9.47 Å². The predicted octanol–water partition coefficient (Wildman–Crippen LogP) is 4.62. The van der Waals surface area contributed by atoms with Crippen LogP contribution >= 0.6 is 0 Å². The molecule has 0 radical (unpaired) electrons. The van der Waals surface area contributed by atoms with Crippen LogP contribution in [0.5, 0.6) is 11.5 Å². The molecule has 1 amide bonds. The van der Waals surface area contributed by atoms with E-state index in [2.05, 4.69) is 0 Å². The van der Waals surface area contributed by atoms with Gasteiger partial charge >= 0.3 is 5.97 Å². The van der Waals surface area contributed by atoms with Crippen LogP contribution in [0.15, 0.2) is 54.1 Å². The van der Waals surface area contributed by atoms with Gasteiger partial charge in [0.15, 0.2) is 0 Å². The number of esters is 1. The molecule has 0 aromatic heterocycles.